The summed E-state index contributed by atoms with van der Waals surface area (Å²) in [5, 5.41) is 7.92. The molecule has 5 nitrogen and oxygen atoms in total. The van der Waals surface area contributed by atoms with E-state index in [0.29, 0.717) is 22.3 Å². The van der Waals surface area contributed by atoms with E-state index in [1.807, 2.05) is 24.3 Å². The number of H-pyrrole nitrogens is 1. The van der Waals surface area contributed by atoms with Crippen molar-refractivity contribution >= 4 is 38.9 Å². The number of nitrogens with one attached hydrogen (secondary N) is 1. The number of aromatic nitrogens is 3. The van der Waals surface area contributed by atoms with Crippen molar-refractivity contribution in [3.8, 4) is 0 Å². The van der Waals surface area contributed by atoms with Crippen LogP contribution in [0.4, 0.5) is 0 Å². The molecule has 1 N–H and O–H groups in total. The van der Waals surface area contributed by atoms with Gasteiger partial charge in [-0.25, -0.2) is 4.98 Å². The lowest BCUT2D eigenvalue weighted by Gasteiger charge is -2.14. The number of hydrogen-bond donors (Lipinski definition) is 1. The normalized spacial score (nSPS) is 10.9. The minimum atomic E-state index is -0.118. The molecule has 0 radical (unpaired) electrons. The molecule has 0 aliphatic carbocycles. The minimum absolute atomic E-state index is 0.118. The summed E-state index contributed by atoms with van der Waals surface area (Å²) in [5.41, 5.74) is 0. The second kappa shape index (κ2) is 5.22. The van der Waals surface area contributed by atoms with Gasteiger partial charge in [0, 0.05) is 17.1 Å². The molecule has 0 atom stereocenters. The minimum Gasteiger partial charge on any atom is -0.333 e. The molecule has 0 unspecified atom stereocenters. The molecule has 0 fully saturated rings. The molecule has 20 heavy (non-hydrogen) atoms. The van der Waals surface area contributed by atoms with E-state index in [1.165, 1.54) is 17.7 Å². The lowest BCUT2D eigenvalue weighted by Crippen LogP contribution is -2.26. The predicted octanol–water partition coefficient (Wildman–Crippen LogP) is 2.95. The number of halogens is 1. The van der Waals surface area contributed by atoms with Crippen LogP contribution in [0.25, 0.3) is 10.1 Å². The third kappa shape index (κ3) is 2.28. The summed E-state index contributed by atoms with van der Waals surface area (Å²) in [6.45, 7) is 0.364. The van der Waals surface area contributed by atoms with Crippen LogP contribution >= 0.6 is 22.9 Å². The van der Waals surface area contributed by atoms with Gasteiger partial charge in [-0.2, -0.15) is 5.10 Å². The van der Waals surface area contributed by atoms with Gasteiger partial charge in [0.05, 0.1) is 11.6 Å². The molecule has 1 amide bonds. The fraction of sp³-hybridized carbons (Fsp3) is 0.154. The second-order valence-corrected chi connectivity index (χ2v) is 5.76. The first-order valence-corrected chi connectivity index (χ1v) is 7.13. The van der Waals surface area contributed by atoms with Crippen molar-refractivity contribution in [2.24, 2.45) is 0 Å². The number of rotatable bonds is 3. The lowest BCUT2D eigenvalue weighted by atomic mass is 10.2. The van der Waals surface area contributed by atoms with Crippen LogP contribution in [-0.2, 0) is 6.54 Å². The molecule has 3 rings (SSSR count). The Labute approximate surface area is 124 Å². The summed E-state index contributed by atoms with van der Waals surface area (Å²) in [4.78, 5) is 18.6. The average molecular weight is 307 g/mol. The number of hydrogen-bond acceptors (Lipinski definition) is 4. The maximum Gasteiger partial charge on any atom is 0.265 e. The number of amides is 1. The van der Waals surface area contributed by atoms with Gasteiger partial charge in [0.25, 0.3) is 5.91 Å². The van der Waals surface area contributed by atoms with Gasteiger partial charge in [-0.05, 0) is 6.07 Å². The molecule has 2 aromatic heterocycles. The predicted molar refractivity (Wildman–Crippen MR) is 79.0 cm³/mol. The van der Waals surface area contributed by atoms with Crippen LogP contribution in [-0.4, -0.2) is 33.0 Å². The van der Waals surface area contributed by atoms with Gasteiger partial charge in [-0.3, -0.25) is 9.89 Å². The number of aromatic amines is 1. The highest BCUT2D eigenvalue weighted by Gasteiger charge is 2.20. The SMILES string of the molecule is CN(Cc1ncn[nH]1)C(=O)c1sc2ccccc2c1Cl. The molecular formula is C13H11ClN4OS. The van der Waals surface area contributed by atoms with Crippen LogP contribution in [0.3, 0.4) is 0 Å². The fourth-order valence-corrected chi connectivity index (χ4v) is 3.44. The van der Waals surface area contributed by atoms with Crippen molar-refractivity contribution in [3.63, 3.8) is 0 Å². The highest BCUT2D eigenvalue weighted by atomic mass is 35.5. The summed E-state index contributed by atoms with van der Waals surface area (Å²) < 4.78 is 1.01. The van der Waals surface area contributed by atoms with Crippen LogP contribution in [0.15, 0.2) is 30.6 Å². The van der Waals surface area contributed by atoms with Crippen molar-refractivity contribution in [3.05, 3.63) is 46.3 Å². The first-order valence-electron chi connectivity index (χ1n) is 5.93. The number of carbonyl (C=O) groups excluding carboxylic acids is 1. The number of fused-ring (bicyclic) bond motifs is 1. The number of carbonyl (C=O) groups is 1. The molecule has 0 bridgehead atoms. The van der Waals surface area contributed by atoms with E-state index < -0.39 is 0 Å². The maximum atomic E-state index is 12.5. The molecule has 0 saturated heterocycles. The van der Waals surface area contributed by atoms with Gasteiger partial charge in [-0.1, -0.05) is 29.8 Å². The first-order chi connectivity index (χ1) is 9.66. The summed E-state index contributed by atoms with van der Waals surface area (Å²) in [6.07, 6.45) is 1.42. The van der Waals surface area contributed by atoms with Crippen LogP contribution < -0.4 is 0 Å². The summed E-state index contributed by atoms with van der Waals surface area (Å²) in [7, 11) is 1.71. The molecule has 1 aromatic carbocycles. The number of thiophene rings is 1. The molecule has 2 heterocycles. The Morgan fingerprint density at radius 1 is 1.45 bits per heavy atom. The zero-order valence-corrected chi connectivity index (χ0v) is 12.2. The van der Waals surface area contributed by atoms with Gasteiger partial charge < -0.3 is 4.90 Å². The number of nitrogens with zero attached hydrogens (tertiary/aromatic N) is 3. The van der Waals surface area contributed by atoms with Crippen LogP contribution in [0, 0.1) is 0 Å². The molecule has 0 aliphatic rings. The second-order valence-electron chi connectivity index (χ2n) is 4.33. The van der Waals surface area contributed by atoms with Crippen LogP contribution in [0.2, 0.25) is 5.02 Å². The van der Waals surface area contributed by atoms with Gasteiger partial charge in [-0.15, -0.1) is 11.3 Å². The topological polar surface area (TPSA) is 61.9 Å². The Bertz CT molecular complexity index is 753. The van der Waals surface area contributed by atoms with Gasteiger partial charge in [0.2, 0.25) is 0 Å². The molecular weight excluding hydrogens is 296 g/mol. The van der Waals surface area contributed by atoms with Gasteiger partial charge in [0.15, 0.2) is 0 Å². The Kier molecular flexibility index (Phi) is 3.42. The molecule has 3 aromatic rings. The summed E-state index contributed by atoms with van der Waals surface area (Å²) in [6, 6.07) is 7.72. The summed E-state index contributed by atoms with van der Waals surface area (Å²) >= 11 is 7.71. The van der Waals surface area contributed by atoms with Gasteiger partial charge in [0.1, 0.15) is 17.0 Å². The van der Waals surface area contributed by atoms with Crippen molar-refractivity contribution in [1.29, 1.82) is 0 Å². The molecule has 0 saturated carbocycles. The third-order valence-electron chi connectivity index (χ3n) is 2.93. The Balaban J connectivity index is 1.90. The van der Waals surface area contributed by atoms with Gasteiger partial charge >= 0.3 is 0 Å². The van der Waals surface area contributed by atoms with E-state index in [-0.39, 0.29) is 5.91 Å². The lowest BCUT2D eigenvalue weighted by molar-refractivity contribution is 0.0786. The highest BCUT2D eigenvalue weighted by Crippen LogP contribution is 2.35. The maximum absolute atomic E-state index is 12.5. The van der Waals surface area contributed by atoms with Crippen molar-refractivity contribution in [1.82, 2.24) is 20.1 Å². The smallest absolute Gasteiger partial charge is 0.265 e. The van der Waals surface area contributed by atoms with E-state index >= 15 is 0 Å². The molecule has 102 valence electrons. The van der Waals surface area contributed by atoms with Crippen molar-refractivity contribution in [2.75, 3.05) is 7.05 Å². The molecule has 0 spiro atoms. The average Bonchev–Trinajstić information content (AvgIpc) is 3.07. The zero-order chi connectivity index (χ0) is 14.1. The fourth-order valence-electron chi connectivity index (χ4n) is 1.93. The van der Waals surface area contributed by atoms with E-state index in [4.69, 9.17) is 11.6 Å². The Morgan fingerprint density at radius 2 is 2.25 bits per heavy atom. The highest BCUT2D eigenvalue weighted by molar-refractivity contribution is 7.21. The monoisotopic (exact) mass is 306 g/mol. The first kappa shape index (κ1) is 13.1. The van der Waals surface area contributed by atoms with E-state index in [0.717, 1.165) is 10.1 Å². The van der Waals surface area contributed by atoms with E-state index in [1.54, 1.807) is 11.9 Å². The van der Waals surface area contributed by atoms with Crippen LogP contribution in [0.1, 0.15) is 15.5 Å². The standard InChI is InChI=1S/C13H11ClN4OS/c1-18(6-10-15-7-16-17-10)13(19)12-11(14)8-4-2-3-5-9(8)20-12/h2-5,7H,6H2,1H3,(H,15,16,17). The zero-order valence-electron chi connectivity index (χ0n) is 10.6. The Morgan fingerprint density at radius 3 is 2.95 bits per heavy atom. The van der Waals surface area contributed by atoms with E-state index in [2.05, 4.69) is 15.2 Å². The quantitative estimate of drug-likeness (QED) is 0.809. The summed E-state index contributed by atoms with van der Waals surface area (Å²) in [5.74, 6) is 0.519. The molecule has 0 aliphatic heterocycles. The van der Waals surface area contributed by atoms with Crippen LogP contribution in [0.5, 0.6) is 0 Å². The molecule has 7 heteroatoms. The Hall–Kier alpha value is -1.92. The largest absolute Gasteiger partial charge is 0.333 e. The van der Waals surface area contributed by atoms with Crippen molar-refractivity contribution in [2.45, 2.75) is 6.54 Å². The third-order valence-corrected chi connectivity index (χ3v) is 4.59. The number of benzene rings is 1. The van der Waals surface area contributed by atoms with E-state index in [9.17, 15) is 4.79 Å². The van der Waals surface area contributed by atoms with Crippen molar-refractivity contribution < 1.29 is 4.79 Å².